The minimum absolute atomic E-state index is 0.0491. The lowest BCUT2D eigenvalue weighted by molar-refractivity contribution is 0.0929. The van der Waals surface area contributed by atoms with Crippen molar-refractivity contribution in [1.29, 1.82) is 0 Å². The molecule has 0 aromatic heterocycles. The summed E-state index contributed by atoms with van der Waals surface area (Å²) in [7, 11) is 0. The van der Waals surface area contributed by atoms with Crippen LogP contribution in [0.5, 0.6) is 0 Å². The van der Waals surface area contributed by atoms with E-state index in [9.17, 15) is 4.79 Å². The standard InChI is InChI=1S/C15H20BrNO/c16-14-11-7-6-10-13(14)15(18)17-12-8-4-2-1-3-5-9-12/h6-7,10-12H,1-5,8-9H2,(H,17,18). The van der Waals surface area contributed by atoms with Gasteiger partial charge in [0.05, 0.1) is 5.56 Å². The fourth-order valence-electron chi connectivity index (χ4n) is 2.51. The van der Waals surface area contributed by atoms with Crippen LogP contribution in [-0.4, -0.2) is 11.9 Å². The van der Waals surface area contributed by atoms with Gasteiger partial charge < -0.3 is 5.32 Å². The van der Waals surface area contributed by atoms with E-state index in [4.69, 9.17) is 0 Å². The molecule has 0 bridgehead atoms. The average molecular weight is 310 g/mol. The Labute approximate surface area is 117 Å². The van der Waals surface area contributed by atoms with Gasteiger partial charge in [-0.3, -0.25) is 4.79 Å². The summed E-state index contributed by atoms with van der Waals surface area (Å²) in [5, 5.41) is 3.17. The van der Waals surface area contributed by atoms with Gasteiger partial charge in [0, 0.05) is 10.5 Å². The lowest BCUT2D eigenvalue weighted by Crippen LogP contribution is -2.35. The first-order chi connectivity index (χ1) is 8.77. The first-order valence-electron chi connectivity index (χ1n) is 6.83. The van der Waals surface area contributed by atoms with Crippen LogP contribution in [0.2, 0.25) is 0 Å². The highest BCUT2D eigenvalue weighted by Gasteiger charge is 2.16. The molecule has 2 nitrogen and oxygen atoms in total. The number of carbonyl (C=O) groups excluding carboxylic acids is 1. The second kappa shape index (κ2) is 6.93. The summed E-state index contributed by atoms with van der Waals surface area (Å²) in [6, 6.07) is 7.95. The molecule has 2 rings (SSSR count). The molecule has 98 valence electrons. The van der Waals surface area contributed by atoms with Crippen molar-refractivity contribution in [2.24, 2.45) is 0 Å². The van der Waals surface area contributed by atoms with Gasteiger partial charge in [0.15, 0.2) is 0 Å². The lowest BCUT2D eigenvalue weighted by atomic mass is 9.96. The number of amides is 1. The van der Waals surface area contributed by atoms with Gasteiger partial charge in [-0.1, -0.05) is 44.2 Å². The molecule has 1 aromatic carbocycles. The van der Waals surface area contributed by atoms with Crippen LogP contribution in [0.4, 0.5) is 0 Å². The number of halogens is 1. The van der Waals surface area contributed by atoms with E-state index < -0.39 is 0 Å². The first kappa shape index (κ1) is 13.6. The van der Waals surface area contributed by atoms with Crippen LogP contribution < -0.4 is 5.32 Å². The molecule has 0 saturated heterocycles. The van der Waals surface area contributed by atoms with Crippen molar-refractivity contribution in [1.82, 2.24) is 5.32 Å². The fraction of sp³-hybridized carbons (Fsp3) is 0.533. The predicted molar refractivity (Wildman–Crippen MR) is 77.7 cm³/mol. The van der Waals surface area contributed by atoms with Crippen LogP contribution in [0, 0.1) is 0 Å². The molecule has 1 aromatic rings. The fourth-order valence-corrected chi connectivity index (χ4v) is 2.97. The second-order valence-electron chi connectivity index (χ2n) is 5.00. The Morgan fingerprint density at radius 3 is 2.33 bits per heavy atom. The summed E-state index contributed by atoms with van der Waals surface area (Å²) >= 11 is 3.43. The highest BCUT2D eigenvalue weighted by atomic mass is 79.9. The Morgan fingerprint density at radius 1 is 1.06 bits per heavy atom. The third-order valence-electron chi connectivity index (χ3n) is 3.56. The van der Waals surface area contributed by atoms with Gasteiger partial charge in [0.1, 0.15) is 0 Å². The van der Waals surface area contributed by atoms with Crippen molar-refractivity contribution in [3.05, 3.63) is 34.3 Å². The Hall–Kier alpha value is -0.830. The number of carbonyl (C=O) groups is 1. The molecule has 1 saturated carbocycles. The molecule has 18 heavy (non-hydrogen) atoms. The minimum Gasteiger partial charge on any atom is -0.349 e. The molecule has 3 heteroatoms. The van der Waals surface area contributed by atoms with Gasteiger partial charge in [-0.2, -0.15) is 0 Å². The second-order valence-corrected chi connectivity index (χ2v) is 5.85. The van der Waals surface area contributed by atoms with E-state index in [0.717, 1.165) is 22.9 Å². The predicted octanol–water partition coefficient (Wildman–Crippen LogP) is 4.29. The van der Waals surface area contributed by atoms with Crippen molar-refractivity contribution < 1.29 is 4.79 Å². The molecule has 0 spiro atoms. The zero-order valence-corrected chi connectivity index (χ0v) is 12.2. The third kappa shape index (κ3) is 3.84. The molecular formula is C15H20BrNO. The van der Waals surface area contributed by atoms with Crippen molar-refractivity contribution >= 4 is 21.8 Å². The van der Waals surface area contributed by atoms with E-state index in [1.807, 2.05) is 24.3 Å². The molecular weight excluding hydrogens is 290 g/mol. The quantitative estimate of drug-likeness (QED) is 0.867. The molecule has 1 fully saturated rings. The van der Waals surface area contributed by atoms with E-state index >= 15 is 0 Å². The van der Waals surface area contributed by atoms with Crippen LogP contribution >= 0.6 is 15.9 Å². The molecule has 1 aliphatic rings. The van der Waals surface area contributed by atoms with E-state index in [0.29, 0.717) is 6.04 Å². The van der Waals surface area contributed by atoms with Crippen molar-refractivity contribution in [3.63, 3.8) is 0 Å². The number of nitrogens with one attached hydrogen (secondary N) is 1. The van der Waals surface area contributed by atoms with Crippen molar-refractivity contribution in [2.45, 2.75) is 51.0 Å². The number of rotatable bonds is 2. The molecule has 0 heterocycles. The zero-order chi connectivity index (χ0) is 12.8. The topological polar surface area (TPSA) is 29.1 Å². The molecule has 0 unspecified atom stereocenters. The van der Waals surface area contributed by atoms with Gasteiger partial charge in [0.25, 0.3) is 5.91 Å². The number of benzene rings is 1. The van der Waals surface area contributed by atoms with Gasteiger partial charge >= 0.3 is 0 Å². The normalized spacial score (nSPS) is 17.8. The maximum atomic E-state index is 12.2. The van der Waals surface area contributed by atoms with E-state index in [2.05, 4.69) is 21.2 Å². The first-order valence-corrected chi connectivity index (χ1v) is 7.62. The third-order valence-corrected chi connectivity index (χ3v) is 4.25. The monoisotopic (exact) mass is 309 g/mol. The highest BCUT2D eigenvalue weighted by Crippen LogP contribution is 2.19. The summed E-state index contributed by atoms with van der Waals surface area (Å²) in [5.41, 5.74) is 0.736. The molecule has 1 N–H and O–H groups in total. The number of hydrogen-bond acceptors (Lipinski definition) is 1. The van der Waals surface area contributed by atoms with Crippen LogP contribution in [0.25, 0.3) is 0 Å². The van der Waals surface area contributed by atoms with E-state index in [1.165, 1.54) is 32.1 Å². The van der Waals surface area contributed by atoms with Crippen molar-refractivity contribution in [2.75, 3.05) is 0 Å². The van der Waals surface area contributed by atoms with Crippen LogP contribution in [-0.2, 0) is 0 Å². The van der Waals surface area contributed by atoms with Crippen LogP contribution in [0.3, 0.4) is 0 Å². The maximum Gasteiger partial charge on any atom is 0.252 e. The largest absolute Gasteiger partial charge is 0.349 e. The van der Waals surface area contributed by atoms with E-state index in [1.54, 1.807) is 0 Å². The zero-order valence-electron chi connectivity index (χ0n) is 10.6. The van der Waals surface area contributed by atoms with Crippen molar-refractivity contribution in [3.8, 4) is 0 Å². The maximum absolute atomic E-state index is 12.2. The summed E-state index contributed by atoms with van der Waals surface area (Å²) in [6.45, 7) is 0. The molecule has 0 aliphatic heterocycles. The van der Waals surface area contributed by atoms with Crippen LogP contribution in [0.1, 0.15) is 55.3 Å². The summed E-state index contributed by atoms with van der Waals surface area (Å²) in [6.07, 6.45) is 8.68. The van der Waals surface area contributed by atoms with Gasteiger partial charge in [0.2, 0.25) is 0 Å². The Bertz CT molecular complexity index is 397. The van der Waals surface area contributed by atoms with Gasteiger partial charge in [-0.05, 0) is 40.9 Å². The lowest BCUT2D eigenvalue weighted by Gasteiger charge is -2.21. The average Bonchev–Trinajstić information content (AvgIpc) is 2.33. The molecule has 1 aliphatic carbocycles. The summed E-state index contributed by atoms with van der Waals surface area (Å²) in [5.74, 6) is 0.0491. The SMILES string of the molecule is O=C(NC1CCCCCCC1)c1ccccc1Br. The smallest absolute Gasteiger partial charge is 0.252 e. The van der Waals surface area contributed by atoms with Gasteiger partial charge in [-0.15, -0.1) is 0 Å². The molecule has 1 amide bonds. The highest BCUT2D eigenvalue weighted by molar-refractivity contribution is 9.10. The molecule has 0 atom stereocenters. The summed E-state index contributed by atoms with van der Waals surface area (Å²) in [4.78, 5) is 12.2. The Balaban J connectivity index is 1.95. The van der Waals surface area contributed by atoms with E-state index in [-0.39, 0.29) is 5.91 Å². The summed E-state index contributed by atoms with van der Waals surface area (Å²) < 4.78 is 0.869. The number of hydrogen-bond donors (Lipinski definition) is 1. The van der Waals surface area contributed by atoms with Crippen LogP contribution in [0.15, 0.2) is 28.7 Å². The minimum atomic E-state index is 0.0491. The Morgan fingerprint density at radius 2 is 1.67 bits per heavy atom. The van der Waals surface area contributed by atoms with Gasteiger partial charge in [-0.25, -0.2) is 0 Å². The molecule has 0 radical (unpaired) electrons. The Kier molecular flexibility index (Phi) is 5.24.